The number of benzene rings is 3. The SMILES string of the molecule is CCC[CH2][Sn]([c]1c(F)cccc1F)([c]1c(F)cccc1F)[c]1c(F)cccc1F. The van der Waals surface area contributed by atoms with Crippen LogP contribution in [0.4, 0.5) is 26.3 Å². The van der Waals surface area contributed by atoms with Crippen molar-refractivity contribution in [2.45, 2.75) is 24.2 Å². The zero-order valence-electron chi connectivity index (χ0n) is 15.6. The van der Waals surface area contributed by atoms with Crippen molar-refractivity contribution in [1.29, 1.82) is 0 Å². The fourth-order valence-corrected chi connectivity index (χ4v) is 19.1. The summed E-state index contributed by atoms with van der Waals surface area (Å²) in [6.45, 7) is 1.78. The van der Waals surface area contributed by atoms with Crippen LogP contribution < -0.4 is 10.7 Å². The van der Waals surface area contributed by atoms with Gasteiger partial charge in [-0.3, -0.25) is 0 Å². The molecule has 3 aromatic rings. The standard InChI is InChI=1S/3C6H3F2.C4H9.Sn/c3*7-5-2-1-3-6(8)4-5;1-3-4-2;/h3*1-3H;1,3-4H2,2H3;. The van der Waals surface area contributed by atoms with Gasteiger partial charge in [-0.1, -0.05) is 0 Å². The molecule has 0 spiro atoms. The van der Waals surface area contributed by atoms with E-state index >= 15 is 0 Å². The van der Waals surface area contributed by atoms with Crippen molar-refractivity contribution in [2.75, 3.05) is 0 Å². The molecule has 3 rings (SSSR count). The van der Waals surface area contributed by atoms with Crippen LogP contribution in [0.5, 0.6) is 0 Å². The molecule has 0 atom stereocenters. The summed E-state index contributed by atoms with van der Waals surface area (Å²) in [6.07, 6.45) is 0.812. The van der Waals surface area contributed by atoms with Gasteiger partial charge in [0.15, 0.2) is 0 Å². The molecule has 0 saturated carbocycles. The summed E-state index contributed by atoms with van der Waals surface area (Å²) in [6, 6.07) is 9.04. The van der Waals surface area contributed by atoms with Crippen molar-refractivity contribution in [3.05, 3.63) is 89.5 Å². The van der Waals surface area contributed by atoms with Gasteiger partial charge in [0.05, 0.1) is 0 Å². The Labute approximate surface area is 169 Å². The van der Waals surface area contributed by atoms with Crippen LogP contribution in [-0.2, 0) is 0 Å². The summed E-state index contributed by atoms with van der Waals surface area (Å²) >= 11 is -5.53. The van der Waals surface area contributed by atoms with E-state index in [2.05, 4.69) is 0 Å². The fraction of sp³-hybridized carbons (Fsp3) is 0.182. The summed E-state index contributed by atoms with van der Waals surface area (Å²) in [5.41, 5.74) is 0. The Kier molecular flexibility index (Phi) is 6.61. The second kappa shape index (κ2) is 8.81. The summed E-state index contributed by atoms with van der Waals surface area (Å²) in [4.78, 5) is 0. The Bertz CT molecular complexity index is 848. The van der Waals surface area contributed by atoms with E-state index < -0.39 is 64.0 Å². The molecule has 3 aromatic carbocycles. The minimum absolute atomic E-state index is 0.0985. The number of rotatable bonds is 6. The topological polar surface area (TPSA) is 0 Å². The van der Waals surface area contributed by atoms with Crippen molar-refractivity contribution in [2.24, 2.45) is 0 Å². The predicted octanol–water partition coefficient (Wildman–Crippen LogP) is 4.79. The Hall–Kier alpha value is -1.96. The molecule has 0 fully saturated rings. The molecule has 152 valence electrons. The van der Waals surface area contributed by atoms with Gasteiger partial charge in [-0.25, -0.2) is 0 Å². The molecule has 0 bridgehead atoms. The second-order valence-electron chi connectivity index (χ2n) is 6.80. The normalized spacial score (nSPS) is 11.7. The average molecular weight is 515 g/mol. The van der Waals surface area contributed by atoms with Crippen LogP contribution in [-0.4, -0.2) is 18.4 Å². The zero-order valence-corrected chi connectivity index (χ0v) is 18.4. The van der Waals surface area contributed by atoms with Crippen LogP contribution >= 0.6 is 0 Å². The Morgan fingerprint density at radius 2 is 0.828 bits per heavy atom. The summed E-state index contributed by atoms with van der Waals surface area (Å²) in [5, 5.41) is 0. The van der Waals surface area contributed by atoms with Crippen LogP contribution in [0.15, 0.2) is 54.6 Å². The molecule has 0 aromatic heterocycles. The van der Waals surface area contributed by atoms with Gasteiger partial charge in [0.25, 0.3) is 0 Å². The molecule has 29 heavy (non-hydrogen) atoms. The number of halogens is 6. The molecular formula is C22H18F6Sn. The van der Waals surface area contributed by atoms with Crippen molar-refractivity contribution in [1.82, 2.24) is 0 Å². The summed E-state index contributed by atoms with van der Waals surface area (Å²) in [7, 11) is 0. The molecule has 0 aliphatic carbocycles. The van der Waals surface area contributed by atoms with Gasteiger partial charge in [0.2, 0.25) is 0 Å². The third-order valence-corrected chi connectivity index (χ3v) is 19.6. The number of hydrogen-bond acceptors (Lipinski definition) is 0. The van der Waals surface area contributed by atoms with E-state index in [0.29, 0.717) is 12.8 Å². The molecular weight excluding hydrogens is 497 g/mol. The van der Waals surface area contributed by atoms with Crippen LogP contribution in [0.25, 0.3) is 0 Å². The maximum absolute atomic E-state index is 15.0. The quantitative estimate of drug-likeness (QED) is 0.328. The van der Waals surface area contributed by atoms with E-state index in [-0.39, 0.29) is 4.44 Å². The van der Waals surface area contributed by atoms with Gasteiger partial charge in [-0.15, -0.1) is 0 Å². The first-order chi connectivity index (χ1) is 13.8. The van der Waals surface area contributed by atoms with E-state index in [9.17, 15) is 26.3 Å². The molecule has 0 N–H and O–H groups in total. The zero-order chi connectivity index (χ0) is 21.2. The predicted molar refractivity (Wildman–Crippen MR) is 103 cm³/mol. The molecule has 7 heteroatoms. The first-order valence-corrected chi connectivity index (χ1v) is 15.5. The van der Waals surface area contributed by atoms with Gasteiger partial charge < -0.3 is 0 Å². The first kappa shape index (κ1) is 21.7. The molecule has 0 saturated heterocycles. The summed E-state index contributed by atoms with van der Waals surface area (Å²) in [5.74, 6) is -6.32. The first-order valence-electron chi connectivity index (χ1n) is 9.18. The van der Waals surface area contributed by atoms with Crippen LogP contribution in [0.1, 0.15) is 19.8 Å². The molecule has 0 nitrogen and oxygen atoms in total. The van der Waals surface area contributed by atoms with Crippen molar-refractivity contribution >= 4 is 29.1 Å². The minimum atomic E-state index is -5.53. The molecule has 0 radical (unpaired) electrons. The van der Waals surface area contributed by atoms with Gasteiger partial charge in [0.1, 0.15) is 0 Å². The Balaban J connectivity index is 2.58. The molecule has 0 heterocycles. The van der Waals surface area contributed by atoms with E-state index in [4.69, 9.17) is 0 Å². The Morgan fingerprint density at radius 3 is 1.07 bits per heavy atom. The van der Waals surface area contributed by atoms with Crippen LogP contribution in [0.3, 0.4) is 0 Å². The third-order valence-electron chi connectivity index (χ3n) is 5.07. The molecule has 0 aliphatic rings. The maximum atomic E-state index is 15.0. The van der Waals surface area contributed by atoms with Crippen molar-refractivity contribution in [3.8, 4) is 0 Å². The monoisotopic (exact) mass is 516 g/mol. The second-order valence-corrected chi connectivity index (χ2v) is 17.7. The Morgan fingerprint density at radius 1 is 0.552 bits per heavy atom. The fourth-order valence-electron chi connectivity index (χ4n) is 3.91. The van der Waals surface area contributed by atoms with Crippen molar-refractivity contribution < 1.29 is 26.3 Å². The van der Waals surface area contributed by atoms with E-state index in [1.165, 1.54) is 0 Å². The summed E-state index contributed by atoms with van der Waals surface area (Å²) < 4.78 is 88.1. The van der Waals surface area contributed by atoms with Crippen LogP contribution in [0, 0.1) is 34.9 Å². The van der Waals surface area contributed by atoms with E-state index in [0.717, 1.165) is 54.6 Å². The van der Waals surface area contributed by atoms with E-state index in [1.807, 2.05) is 0 Å². The van der Waals surface area contributed by atoms with Gasteiger partial charge in [0, 0.05) is 0 Å². The molecule has 0 unspecified atom stereocenters. The number of unbranched alkanes of at least 4 members (excludes halogenated alkanes) is 1. The third kappa shape index (κ3) is 3.79. The molecule has 0 aliphatic heterocycles. The van der Waals surface area contributed by atoms with Gasteiger partial charge in [-0.05, 0) is 0 Å². The van der Waals surface area contributed by atoms with Crippen molar-refractivity contribution in [3.63, 3.8) is 0 Å². The van der Waals surface area contributed by atoms with Gasteiger partial charge >= 0.3 is 169 Å². The average Bonchev–Trinajstić information content (AvgIpc) is 2.65. The number of hydrogen-bond donors (Lipinski definition) is 0. The van der Waals surface area contributed by atoms with Crippen LogP contribution in [0.2, 0.25) is 4.44 Å². The van der Waals surface area contributed by atoms with E-state index in [1.54, 1.807) is 6.92 Å². The molecule has 0 amide bonds. The van der Waals surface area contributed by atoms with Gasteiger partial charge in [-0.2, -0.15) is 0 Å².